The van der Waals surface area contributed by atoms with Crippen LogP contribution in [0, 0.1) is 5.82 Å². The van der Waals surface area contributed by atoms with Gasteiger partial charge in [0, 0.05) is 26.6 Å². The minimum atomic E-state index is -4.09. The number of carbonyl (C=O) groups is 1. The number of methoxy groups -OCH3 is 1. The number of halogens is 1. The van der Waals surface area contributed by atoms with Gasteiger partial charge in [-0.3, -0.25) is 4.79 Å². The summed E-state index contributed by atoms with van der Waals surface area (Å²) in [6.45, 7) is 3.34. The Morgan fingerprint density at radius 3 is 2.44 bits per heavy atom. The largest absolute Gasteiger partial charge is 0.383 e. The lowest BCUT2D eigenvalue weighted by Crippen LogP contribution is -2.33. The maximum atomic E-state index is 13.1. The molecule has 0 unspecified atom stereocenters. The van der Waals surface area contributed by atoms with Crippen LogP contribution in [0.1, 0.15) is 51.0 Å². The molecule has 0 saturated carbocycles. The molecule has 0 aliphatic rings. The summed E-state index contributed by atoms with van der Waals surface area (Å²) < 4.78 is 48.4. The molecule has 2 aromatic rings. The van der Waals surface area contributed by atoms with E-state index in [2.05, 4.69) is 6.92 Å². The van der Waals surface area contributed by atoms with Crippen molar-refractivity contribution in [2.75, 3.05) is 20.3 Å². The van der Waals surface area contributed by atoms with Crippen molar-refractivity contribution < 1.29 is 26.5 Å². The lowest BCUT2D eigenvalue weighted by Gasteiger charge is -2.23. The Morgan fingerprint density at radius 1 is 1.03 bits per heavy atom. The quantitative estimate of drug-likeness (QED) is 0.292. The molecule has 0 spiro atoms. The molecule has 0 saturated heterocycles. The highest BCUT2D eigenvalue weighted by molar-refractivity contribution is 7.87. The van der Waals surface area contributed by atoms with Crippen LogP contribution in [0.3, 0.4) is 0 Å². The molecule has 0 bridgehead atoms. The Hall–Kier alpha value is -2.45. The standard InChI is InChI=1S/C24H32FNO5S/c1-3-4-5-6-7-11-24(27)26(16-17-30-2)19-20-9-8-10-22(18-20)31-32(28,29)23-14-12-21(25)13-15-23/h8-10,12-15,18H,3-7,11,16-17,19H2,1-2H3. The highest BCUT2D eigenvalue weighted by Crippen LogP contribution is 2.21. The van der Waals surface area contributed by atoms with E-state index in [0.717, 1.165) is 55.5 Å². The fraction of sp³-hybridized carbons (Fsp3) is 0.458. The molecule has 0 heterocycles. The lowest BCUT2D eigenvalue weighted by atomic mass is 10.1. The predicted molar refractivity (Wildman–Crippen MR) is 121 cm³/mol. The maximum absolute atomic E-state index is 13.1. The number of nitrogens with zero attached hydrogens (tertiary/aromatic N) is 1. The first-order valence-corrected chi connectivity index (χ1v) is 12.3. The van der Waals surface area contributed by atoms with E-state index >= 15 is 0 Å². The third-order valence-electron chi connectivity index (χ3n) is 4.99. The van der Waals surface area contributed by atoms with E-state index in [1.165, 1.54) is 12.5 Å². The Bertz CT molecular complexity index is 947. The first kappa shape index (κ1) is 25.8. The van der Waals surface area contributed by atoms with Crippen LogP contribution in [0.4, 0.5) is 4.39 Å². The van der Waals surface area contributed by atoms with Crippen molar-refractivity contribution in [3.05, 3.63) is 59.9 Å². The van der Waals surface area contributed by atoms with Gasteiger partial charge in [0.2, 0.25) is 5.91 Å². The van der Waals surface area contributed by atoms with Gasteiger partial charge in [-0.1, -0.05) is 44.7 Å². The number of hydrogen-bond donors (Lipinski definition) is 0. The molecule has 8 heteroatoms. The van der Waals surface area contributed by atoms with Gasteiger partial charge < -0.3 is 13.8 Å². The van der Waals surface area contributed by atoms with E-state index in [4.69, 9.17) is 8.92 Å². The summed E-state index contributed by atoms with van der Waals surface area (Å²) in [7, 11) is -2.51. The Labute approximate surface area is 190 Å². The predicted octanol–water partition coefficient (Wildman–Crippen LogP) is 4.93. The van der Waals surface area contributed by atoms with Crippen LogP contribution in [0.25, 0.3) is 0 Å². The van der Waals surface area contributed by atoms with Gasteiger partial charge in [-0.2, -0.15) is 8.42 Å². The van der Waals surface area contributed by atoms with E-state index in [9.17, 15) is 17.6 Å². The van der Waals surface area contributed by atoms with Gasteiger partial charge in [-0.05, 0) is 48.4 Å². The van der Waals surface area contributed by atoms with Gasteiger partial charge in [0.25, 0.3) is 0 Å². The van der Waals surface area contributed by atoms with Crippen molar-refractivity contribution in [2.24, 2.45) is 0 Å². The van der Waals surface area contributed by atoms with Crippen LogP contribution in [0.5, 0.6) is 5.75 Å². The average molecular weight is 466 g/mol. The molecule has 0 aromatic heterocycles. The van der Waals surface area contributed by atoms with Crippen molar-refractivity contribution in [3.8, 4) is 5.75 Å². The number of carbonyl (C=O) groups excluding carboxylic acids is 1. The van der Waals surface area contributed by atoms with E-state index in [1.807, 2.05) is 6.07 Å². The minimum absolute atomic E-state index is 0.0452. The topological polar surface area (TPSA) is 72.9 Å². The average Bonchev–Trinajstić information content (AvgIpc) is 2.76. The van der Waals surface area contributed by atoms with Crippen LogP contribution in [0.15, 0.2) is 53.4 Å². The molecular formula is C24H32FNO5S. The maximum Gasteiger partial charge on any atom is 0.339 e. The van der Waals surface area contributed by atoms with Crippen molar-refractivity contribution in [1.29, 1.82) is 0 Å². The highest BCUT2D eigenvalue weighted by Gasteiger charge is 2.18. The van der Waals surface area contributed by atoms with Gasteiger partial charge in [0.1, 0.15) is 16.5 Å². The Morgan fingerprint density at radius 2 is 1.75 bits per heavy atom. The second kappa shape index (κ2) is 13.2. The summed E-state index contributed by atoms with van der Waals surface area (Å²) in [5.74, 6) is -0.355. The summed E-state index contributed by atoms with van der Waals surface area (Å²) in [6.07, 6.45) is 5.81. The van der Waals surface area contributed by atoms with E-state index in [-0.39, 0.29) is 16.6 Å². The number of amides is 1. The fourth-order valence-corrected chi connectivity index (χ4v) is 4.15. The summed E-state index contributed by atoms with van der Waals surface area (Å²) in [5, 5.41) is 0. The normalized spacial score (nSPS) is 11.3. The molecule has 176 valence electrons. The third kappa shape index (κ3) is 8.59. The number of unbranched alkanes of at least 4 members (excludes halogenated alkanes) is 4. The van der Waals surface area contributed by atoms with Crippen molar-refractivity contribution >= 4 is 16.0 Å². The SMILES string of the molecule is CCCCCCCC(=O)N(CCOC)Cc1cccc(OS(=O)(=O)c2ccc(F)cc2)c1. The molecule has 1 amide bonds. The minimum Gasteiger partial charge on any atom is -0.383 e. The number of ether oxygens (including phenoxy) is 1. The zero-order valence-electron chi connectivity index (χ0n) is 18.8. The molecule has 0 aliphatic heterocycles. The van der Waals surface area contributed by atoms with E-state index in [0.29, 0.717) is 26.1 Å². The smallest absolute Gasteiger partial charge is 0.339 e. The second-order valence-corrected chi connectivity index (χ2v) is 9.16. The summed E-state index contributed by atoms with van der Waals surface area (Å²) in [5.41, 5.74) is 0.743. The summed E-state index contributed by atoms with van der Waals surface area (Å²) >= 11 is 0. The van der Waals surface area contributed by atoms with E-state index < -0.39 is 15.9 Å². The number of hydrogen-bond acceptors (Lipinski definition) is 5. The van der Waals surface area contributed by atoms with Crippen molar-refractivity contribution in [3.63, 3.8) is 0 Å². The molecule has 0 radical (unpaired) electrons. The van der Waals surface area contributed by atoms with Gasteiger partial charge in [-0.15, -0.1) is 0 Å². The third-order valence-corrected chi connectivity index (χ3v) is 6.25. The van der Waals surface area contributed by atoms with Gasteiger partial charge in [0.15, 0.2) is 0 Å². The van der Waals surface area contributed by atoms with Gasteiger partial charge >= 0.3 is 10.1 Å². The summed E-state index contributed by atoms with van der Waals surface area (Å²) in [6, 6.07) is 11.0. The van der Waals surface area contributed by atoms with Crippen molar-refractivity contribution in [2.45, 2.75) is 56.9 Å². The van der Waals surface area contributed by atoms with Crippen molar-refractivity contribution in [1.82, 2.24) is 4.90 Å². The van der Waals surface area contributed by atoms with Gasteiger partial charge in [-0.25, -0.2) is 4.39 Å². The molecule has 2 aromatic carbocycles. The lowest BCUT2D eigenvalue weighted by molar-refractivity contribution is -0.132. The zero-order valence-corrected chi connectivity index (χ0v) is 19.6. The van der Waals surface area contributed by atoms with Crippen LogP contribution in [-0.4, -0.2) is 39.5 Å². The molecule has 0 N–H and O–H groups in total. The van der Waals surface area contributed by atoms with Gasteiger partial charge in [0.05, 0.1) is 6.61 Å². The van der Waals surface area contributed by atoms with Crippen LogP contribution >= 0.6 is 0 Å². The van der Waals surface area contributed by atoms with Crippen LogP contribution in [0.2, 0.25) is 0 Å². The van der Waals surface area contributed by atoms with Crippen LogP contribution in [-0.2, 0) is 26.2 Å². The first-order chi connectivity index (χ1) is 15.4. The van der Waals surface area contributed by atoms with Crippen LogP contribution < -0.4 is 4.18 Å². The number of benzene rings is 2. The molecule has 0 aliphatic carbocycles. The summed E-state index contributed by atoms with van der Waals surface area (Å²) in [4.78, 5) is 14.3. The number of rotatable bonds is 14. The monoisotopic (exact) mass is 465 g/mol. The highest BCUT2D eigenvalue weighted by atomic mass is 32.2. The molecule has 32 heavy (non-hydrogen) atoms. The molecule has 6 nitrogen and oxygen atoms in total. The molecule has 0 atom stereocenters. The second-order valence-electron chi connectivity index (χ2n) is 7.61. The Balaban J connectivity index is 2.05. The molecule has 2 rings (SSSR count). The first-order valence-electron chi connectivity index (χ1n) is 10.9. The molecular weight excluding hydrogens is 433 g/mol. The zero-order chi connectivity index (χ0) is 23.4. The molecule has 0 fully saturated rings. The Kier molecular flexibility index (Phi) is 10.6. The fourth-order valence-electron chi connectivity index (χ4n) is 3.22. The van der Waals surface area contributed by atoms with E-state index in [1.54, 1.807) is 24.1 Å².